The van der Waals surface area contributed by atoms with Crippen molar-refractivity contribution in [3.05, 3.63) is 62.5 Å². The lowest BCUT2D eigenvalue weighted by Crippen LogP contribution is -2.48. The third-order valence-corrected chi connectivity index (χ3v) is 7.10. The van der Waals surface area contributed by atoms with Crippen molar-refractivity contribution in [3.63, 3.8) is 0 Å². The number of nitrogens with one attached hydrogen (secondary N) is 1. The van der Waals surface area contributed by atoms with Crippen LogP contribution in [0.3, 0.4) is 0 Å². The van der Waals surface area contributed by atoms with E-state index in [1.54, 1.807) is 17.1 Å². The van der Waals surface area contributed by atoms with Crippen LogP contribution in [0, 0.1) is 5.92 Å². The summed E-state index contributed by atoms with van der Waals surface area (Å²) in [6.45, 7) is 1.99. The van der Waals surface area contributed by atoms with E-state index in [0.717, 1.165) is 29.3 Å². The molecule has 0 spiro atoms. The first-order valence-corrected chi connectivity index (χ1v) is 12.0. The maximum Gasteiger partial charge on any atom is 0.268 e. The molecular formula is C23H24BrCl2N3O2. The predicted molar refractivity (Wildman–Crippen MR) is 129 cm³/mol. The Morgan fingerprint density at radius 1 is 1.16 bits per heavy atom. The smallest absolute Gasteiger partial charge is 0.268 e. The van der Waals surface area contributed by atoms with Gasteiger partial charge in [0.1, 0.15) is 5.71 Å². The SMILES string of the molecule is C[C@H]1C(C(=O)N[C@@H]2CCCC[C@H]2O)=NN(c2ccc(Cl)cc2Cl)[C@H]1c1ccc(Br)cc1. The van der Waals surface area contributed by atoms with Gasteiger partial charge in [-0.25, -0.2) is 0 Å². The number of carbonyl (C=O) groups excluding carboxylic acids is 1. The van der Waals surface area contributed by atoms with Gasteiger partial charge in [-0.15, -0.1) is 0 Å². The van der Waals surface area contributed by atoms with Gasteiger partial charge in [0, 0.05) is 15.4 Å². The zero-order chi connectivity index (χ0) is 22.1. The van der Waals surface area contributed by atoms with Crippen LogP contribution in [0.15, 0.2) is 52.0 Å². The van der Waals surface area contributed by atoms with E-state index >= 15 is 0 Å². The minimum absolute atomic E-state index is 0.186. The van der Waals surface area contributed by atoms with Crippen molar-refractivity contribution >= 4 is 56.4 Å². The largest absolute Gasteiger partial charge is 0.391 e. The summed E-state index contributed by atoms with van der Waals surface area (Å²) in [5.74, 6) is -0.429. The number of hydrogen-bond acceptors (Lipinski definition) is 4. The monoisotopic (exact) mass is 523 g/mol. The molecule has 0 radical (unpaired) electrons. The number of aliphatic hydroxyl groups is 1. The number of halogens is 3. The highest BCUT2D eigenvalue weighted by Gasteiger charge is 2.41. The molecule has 4 rings (SSSR count). The molecule has 2 aliphatic rings. The fourth-order valence-electron chi connectivity index (χ4n) is 4.37. The van der Waals surface area contributed by atoms with Crippen molar-refractivity contribution in [2.24, 2.45) is 11.0 Å². The lowest BCUT2D eigenvalue weighted by Gasteiger charge is -2.29. The number of hydrazone groups is 1. The Morgan fingerprint density at radius 3 is 2.55 bits per heavy atom. The van der Waals surface area contributed by atoms with Crippen molar-refractivity contribution in [2.75, 3.05) is 5.01 Å². The van der Waals surface area contributed by atoms with Crippen LogP contribution in [-0.2, 0) is 4.79 Å². The molecule has 2 aromatic rings. The Kier molecular flexibility index (Phi) is 6.92. The summed E-state index contributed by atoms with van der Waals surface area (Å²) in [6.07, 6.45) is 2.95. The van der Waals surface area contributed by atoms with Crippen LogP contribution in [0.2, 0.25) is 10.0 Å². The van der Waals surface area contributed by atoms with Crippen LogP contribution in [0.1, 0.15) is 44.2 Å². The molecule has 1 heterocycles. The van der Waals surface area contributed by atoms with Gasteiger partial charge in [0.25, 0.3) is 5.91 Å². The Labute approximate surface area is 200 Å². The Bertz CT molecular complexity index is 999. The molecule has 2 N–H and O–H groups in total. The first-order chi connectivity index (χ1) is 14.8. The normalized spacial score (nSPS) is 26.0. The van der Waals surface area contributed by atoms with Crippen LogP contribution >= 0.6 is 39.1 Å². The van der Waals surface area contributed by atoms with E-state index in [-0.39, 0.29) is 23.9 Å². The van der Waals surface area contributed by atoms with Gasteiger partial charge in [0.2, 0.25) is 0 Å². The van der Waals surface area contributed by atoms with E-state index in [1.165, 1.54) is 0 Å². The van der Waals surface area contributed by atoms with Crippen molar-refractivity contribution in [1.82, 2.24) is 5.32 Å². The zero-order valence-corrected chi connectivity index (χ0v) is 20.2. The molecule has 0 aromatic heterocycles. The summed E-state index contributed by atoms with van der Waals surface area (Å²) >= 11 is 16.1. The topological polar surface area (TPSA) is 64.9 Å². The summed E-state index contributed by atoms with van der Waals surface area (Å²) in [5.41, 5.74) is 2.13. The lowest BCUT2D eigenvalue weighted by atomic mass is 9.89. The molecule has 2 aromatic carbocycles. The summed E-state index contributed by atoms with van der Waals surface area (Å²) in [5, 5.41) is 20.8. The zero-order valence-electron chi connectivity index (χ0n) is 17.1. The highest BCUT2D eigenvalue weighted by atomic mass is 79.9. The molecule has 0 saturated heterocycles. The second-order valence-corrected chi connectivity index (χ2v) is 9.90. The number of amides is 1. The number of nitrogens with zero attached hydrogens (tertiary/aromatic N) is 2. The van der Waals surface area contributed by atoms with E-state index < -0.39 is 6.10 Å². The molecule has 0 bridgehead atoms. The first-order valence-electron chi connectivity index (χ1n) is 10.4. The number of benzene rings is 2. The number of carbonyl (C=O) groups is 1. The van der Waals surface area contributed by atoms with E-state index in [2.05, 4.69) is 21.2 Å². The van der Waals surface area contributed by atoms with Gasteiger partial charge in [0.05, 0.1) is 28.9 Å². The number of rotatable bonds is 4. The molecule has 5 nitrogen and oxygen atoms in total. The molecule has 4 atom stereocenters. The van der Waals surface area contributed by atoms with E-state index in [4.69, 9.17) is 28.3 Å². The minimum atomic E-state index is -0.515. The van der Waals surface area contributed by atoms with Crippen LogP contribution in [-0.4, -0.2) is 28.9 Å². The van der Waals surface area contributed by atoms with Gasteiger partial charge >= 0.3 is 0 Å². The molecule has 1 amide bonds. The molecule has 1 saturated carbocycles. The minimum Gasteiger partial charge on any atom is -0.391 e. The van der Waals surface area contributed by atoms with E-state index in [1.807, 2.05) is 37.3 Å². The van der Waals surface area contributed by atoms with Gasteiger partial charge < -0.3 is 10.4 Å². The number of anilines is 1. The van der Waals surface area contributed by atoms with Crippen LogP contribution in [0.5, 0.6) is 0 Å². The molecule has 8 heteroatoms. The fraction of sp³-hybridized carbons (Fsp3) is 0.391. The van der Waals surface area contributed by atoms with Crippen molar-refractivity contribution in [1.29, 1.82) is 0 Å². The predicted octanol–water partition coefficient (Wildman–Crippen LogP) is 5.73. The molecule has 0 unspecified atom stereocenters. The third kappa shape index (κ3) is 4.77. The first kappa shape index (κ1) is 22.6. The molecule has 1 aliphatic heterocycles. The molecular weight excluding hydrogens is 501 g/mol. The molecule has 1 fully saturated rings. The number of hydrogen-bond donors (Lipinski definition) is 2. The second-order valence-electron chi connectivity index (χ2n) is 8.14. The number of aliphatic hydroxyl groups excluding tert-OH is 1. The Balaban J connectivity index is 1.68. The van der Waals surface area contributed by atoms with Crippen molar-refractivity contribution < 1.29 is 9.90 Å². The van der Waals surface area contributed by atoms with Crippen LogP contribution in [0.4, 0.5) is 5.69 Å². The summed E-state index contributed by atoms with van der Waals surface area (Å²) in [4.78, 5) is 13.2. The van der Waals surface area contributed by atoms with Crippen LogP contribution in [0.25, 0.3) is 0 Å². The highest BCUT2D eigenvalue weighted by Crippen LogP contribution is 2.42. The quantitative estimate of drug-likeness (QED) is 0.536. The van der Waals surface area contributed by atoms with Crippen LogP contribution < -0.4 is 10.3 Å². The average molecular weight is 525 g/mol. The Morgan fingerprint density at radius 2 is 1.87 bits per heavy atom. The molecule has 164 valence electrons. The maximum absolute atomic E-state index is 13.2. The van der Waals surface area contributed by atoms with Crippen molar-refractivity contribution in [3.8, 4) is 0 Å². The van der Waals surface area contributed by atoms with E-state index in [0.29, 0.717) is 27.9 Å². The maximum atomic E-state index is 13.2. The summed E-state index contributed by atoms with van der Waals surface area (Å²) < 4.78 is 0.975. The standard InChI is InChI=1S/C23H24BrCl2N3O2/c1-13-21(23(31)27-18-4-2-3-5-20(18)30)28-29(19-11-10-16(25)12-17(19)26)22(13)14-6-8-15(24)9-7-14/h6-13,18,20,22,30H,2-5H2,1H3,(H,27,31)/t13-,18+,20+,22+/m0/s1. The molecule has 1 aliphatic carbocycles. The third-order valence-electron chi connectivity index (χ3n) is 6.03. The second kappa shape index (κ2) is 9.49. The van der Waals surface area contributed by atoms with Gasteiger partial charge in [-0.3, -0.25) is 9.80 Å². The average Bonchev–Trinajstić information content (AvgIpc) is 3.07. The van der Waals surface area contributed by atoms with Gasteiger partial charge in [-0.05, 0) is 48.7 Å². The Hall–Kier alpha value is -1.60. The summed E-state index contributed by atoms with van der Waals surface area (Å²) in [6, 6.07) is 12.8. The van der Waals surface area contributed by atoms with Gasteiger partial charge in [-0.1, -0.05) is 71.0 Å². The lowest BCUT2D eigenvalue weighted by molar-refractivity contribution is -0.116. The fourth-order valence-corrected chi connectivity index (χ4v) is 5.12. The molecule has 31 heavy (non-hydrogen) atoms. The van der Waals surface area contributed by atoms with Gasteiger partial charge in [0.15, 0.2) is 0 Å². The van der Waals surface area contributed by atoms with Crippen molar-refractivity contribution in [2.45, 2.75) is 50.8 Å². The van der Waals surface area contributed by atoms with Gasteiger partial charge in [-0.2, -0.15) is 5.10 Å². The van der Waals surface area contributed by atoms with E-state index in [9.17, 15) is 9.90 Å². The highest BCUT2D eigenvalue weighted by molar-refractivity contribution is 9.10. The summed E-state index contributed by atoms with van der Waals surface area (Å²) in [7, 11) is 0.